The molecule has 0 spiro atoms. The second-order valence-corrected chi connectivity index (χ2v) is 7.51. The summed E-state index contributed by atoms with van der Waals surface area (Å²) in [7, 11) is -3.89. The molecule has 23 heavy (non-hydrogen) atoms. The Kier molecular flexibility index (Phi) is 5.78. The molecule has 1 aromatic rings. The average molecular weight is 341 g/mol. The number of aryl methyl sites for hydroxylation is 2. The maximum Gasteiger partial charge on any atom is 0.264 e. The third-order valence-electron chi connectivity index (χ3n) is 3.95. The van der Waals surface area contributed by atoms with E-state index in [0.29, 0.717) is 6.61 Å². The van der Waals surface area contributed by atoms with Crippen LogP contribution in [0.2, 0.25) is 0 Å². The first kappa shape index (κ1) is 17.9. The van der Waals surface area contributed by atoms with Gasteiger partial charge < -0.3 is 9.47 Å². The molecule has 1 N–H and O–H groups in total. The first-order valence-corrected chi connectivity index (χ1v) is 9.15. The van der Waals surface area contributed by atoms with Gasteiger partial charge in [0.05, 0.1) is 17.6 Å². The lowest BCUT2D eigenvalue weighted by Gasteiger charge is -2.16. The summed E-state index contributed by atoms with van der Waals surface area (Å²) in [4.78, 5) is 12.1. The van der Waals surface area contributed by atoms with Gasteiger partial charge in [0.1, 0.15) is 6.10 Å². The average Bonchev–Trinajstić information content (AvgIpc) is 3.00. The van der Waals surface area contributed by atoms with E-state index in [1.165, 1.54) is 13.0 Å². The largest absolute Gasteiger partial charge is 0.376 e. The van der Waals surface area contributed by atoms with Crippen LogP contribution in [-0.4, -0.2) is 39.7 Å². The smallest absolute Gasteiger partial charge is 0.264 e. The number of benzene rings is 1. The quantitative estimate of drug-likeness (QED) is 0.851. The van der Waals surface area contributed by atoms with Crippen molar-refractivity contribution in [2.45, 2.75) is 50.7 Å². The molecule has 6 nitrogen and oxygen atoms in total. The number of carbonyl (C=O) groups excluding carboxylic acids is 1. The van der Waals surface area contributed by atoms with Crippen LogP contribution >= 0.6 is 0 Å². The van der Waals surface area contributed by atoms with Crippen molar-refractivity contribution in [2.24, 2.45) is 0 Å². The highest BCUT2D eigenvalue weighted by Crippen LogP contribution is 2.15. The van der Waals surface area contributed by atoms with Crippen LogP contribution in [0.4, 0.5) is 0 Å². The summed E-state index contributed by atoms with van der Waals surface area (Å²) in [5.41, 5.74) is 1.84. The van der Waals surface area contributed by atoms with Crippen molar-refractivity contribution in [1.82, 2.24) is 4.72 Å². The van der Waals surface area contributed by atoms with Crippen molar-refractivity contribution in [3.05, 3.63) is 29.3 Å². The Hall–Kier alpha value is -1.44. The normalized spacial score (nSPS) is 19.5. The predicted molar refractivity (Wildman–Crippen MR) is 85.6 cm³/mol. The van der Waals surface area contributed by atoms with E-state index in [1.54, 1.807) is 12.1 Å². The van der Waals surface area contributed by atoms with Crippen LogP contribution in [0.1, 0.15) is 30.9 Å². The topological polar surface area (TPSA) is 81.7 Å². The molecule has 1 amide bonds. The Morgan fingerprint density at radius 3 is 2.74 bits per heavy atom. The molecule has 0 aliphatic carbocycles. The summed E-state index contributed by atoms with van der Waals surface area (Å²) in [6, 6.07) is 4.74. The maximum atomic E-state index is 12.3. The van der Waals surface area contributed by atoms with Crippen LogP contribution in [0.25, 0.3) is 0 Å². The zero-order valence-electron chi connectivity index (χ0n) is 13.7. The van der Waals surface area contributed by atoms with E-state index in [-0.39, 0.29) is 17.6 Å². The van der Waals surface area contributed by atoms with Gasteiger partial charge >= 0.3 is 0 Å². The molecule has 1 aliphatic rings. The molecule has 0 radical (unpaired) electrons. The lowest BCUT2D eigenvalue weighted by atomic mass is 10.1. The number of carbonyl (C=O) groups is 1. The molecule has 0 bridgehead atoms. The highest BCUT2D eigenvalue weighted by atomic mass is 32.2. The Labute approximate surface area is 137 Å². The van der Waals surface area contributed by atoms with Crippen molar-refractivity contribution in [3.8, 4) is 0 Å². The Bertz CT molecular complexity index is 665. The number of sulfonamides is 1. The number of hydrogen-bond donors (Lipinski definition) is 1. The number of ether oxygens (including phenoxy) is 2. The third-order valence-corrected chi connectivity index (χ3v) is 5.29. The van der Waals surface area contributed by atoms with E-state index >= 15 is 0 Å². The molecular weight excluding hydrogens is 318 g/mol. The molecule has 0 unspecified atom stereocenters. The highest BCUT2D eigenvalue weighted by molar-refractivity contribution is 7.90. The minimum absolute atomic E-state index is 0.0124. The third kappa shape index (κ3) is 4.76. The molecular formula is C16H23NO5S. The molecule has 7 heteroatoms. The summed E-state index contributed by atoms with van der Waals surface area (Å²) in [6.45, 7) is 6.24. The SMILES string of the molecule is Cc1ccc(S(=O)(=O)NC(=O)[C@@H](C)OC[C@H]2CCCO2)cc1C. The van der Waals surface area contributed by atoms with Crippen molar-refractivity contribution < 1.29 is 22.7 Å². The standard InChI is InChI=1S/C16H23NO5S/c1-11-6-7-15(9-12(11)2)23(19,20)17-16(18)13(3)22-10-14-5-4-8-21-14/h6-7,9,13-14H,4-5,8,10H2,1-3H3,(H,17,18)/t13-,14-/m1/s1. The van der Waals surface area contributed by atoms with E-state index in [2.05, 4.69) is 4.72 Å². The second kappa shape index (κ2) is 7.42. The number of amides is 1. The molecule has 0 aromatic heterocycles. The number of nitrogens with one attached hydrogen (secondary N) is 1. The minimum Gasteiger partial charge on any atom is -0.376 e. The van der Waals surface area contributed by atoms with Crippen LogP contribution in [-0.2, 0) is 24.3 Å². The predicted octanol–water partition coefficient (Wildman–Crippen LogP) is 1.69. The van der Waals surface area contributed by atoms with Gasteiger partial charge in [-0.3, -0.25) is 4.79 Å². The zero-order valence-corrected chi connectivity index (χ0v) is 14.5. The van der Waals surface area contributed by atoms with Gasteiger partial charge in [0.2, 0.25) is 0 Å². The minimum atomic E-state index is -3.89. The van der Waals surface area contributed by atoms with Crippen molar-refractivity contribution in [3.63, 3.8) is 0 Å². The van der Waals surface area contributed by atoms with Gasteiger partial charge in [-0.1, -0.05) is 6.07 Å². The summed E-state index contributed by atoms with van der Waals surface area (Å²) in [5.74, 6) is -0.679. The molecule has 0 saturated carbocycles. The highest BCUT2D eigenvalue weighted by Gasteiger charge is 2.24. The van der Waals surface area contributed by atoms with Gasteiger partial charge in [0.25, 0.3) is 15.9 Å². The van der Waals surface area contributed by atoms with Gasteiger partial charge in [0, 0.05) is 6.61 Å². The first-order chi connectivity index (χ1) is 10.8. The molecule has 2 atom stereocenters. The Morgan fingerprint density at radius 1 is 1.39 bits per heavy atom. The van der Waals surface area contributed by atoms with Crippen LogP contribution in [0, 0.1) is 13.8 Å². The van der Waals surface area contributed by atoms with Crippen LogP contribution < -0.4 is 4.72 Å². The van der Waals surface area contributed by atoms with Gasteiger partial charge in [-0.25, -0.2) is 13.1 Å². The number of rotatable bonds is 6. The number of hydrogen-bond acceptors (Lipinski definition) is 5. The molecule has 128 valence electrons. The molecule has 1 aliphatic heterocycles. The van der Waals surface area contributed by atoms with Crippen molar-refractivity contribution in [2.75, 3.05) is 13.2 Å². The van der Waals surface area contributed by atoms with E-state index in [1.807, 2.05) is 13.8 Å². The fourth-order valence-corrected chi connectivity index (χ4v) is 3.39. The van der Waals surface area contributed by atoms with Crippen LogP contribution in [0.5, 0.6) is 0 Å². The second-order valence-electron chi connectivity index (χ2n) is 5.83. The van der Waals surface area contributed by atoms with Gasteiger partial charge in [-0.15, -0.1) is 0 Å². The van der Waals surface area contributed by atoms with Gasteiger partial charge in [-0.05, 0) is 56.9 Å². The van der Waals surface area contributed by atoms with E-state index in [4.69, 9.17) is 9.47 Å². The summed E-state index contributed by atoms with van der Waals surface area (Å²) >= 11 is 0. The van der Waals surface area contributed by atoms with Gasteiger partial charge in [0.15, 0.2) is 0 Å². The van der Waals surface area contributed by atoms with Crippen LogP contribution in [0.3, 0.4) is 0 Å². The van der Waals surface area contributed by atoms with E-state index < -0.39 is 22.0 Å². The Balaban J connectivity index is 1.95. The van der Waals surface area contributed by atoms with Gasteiger partial charge in [-0.2, -0.15) is 0 Å². The van der Waals surface area contributed by atoms with Crippen LogP contribution in [0.15, 0.2) is 23.1 Å². The fourth-order valence-electron chi connectivity index (χ4n) is 2.26. The summed E-state index contributed by atoms with van der Waals surface area (Å²) in [5, 5.41) is 0. The lowest BCUT2D eigenvalue weighted by Crippen LogP contribution is -2.39. The van der Waals surface area contributed by atoms with Crippen molar-refractivity contribution in [1.29, 1.82) is 0 Å². The summed E-state index contributed by atoms with van der Waals surface area (Å²) in [6.07, 6.45) is 1.01. The Morgan fingerprint density at radius 2 is 2.13 bits per heavy atom. The first-order valence-electron chi connectivity index (χ1n) is 7.67. The maximum absolute atomic E-state index is 12.3. The zero-order chi connectivity index (χ0) is 17.0. The molecule has 1 aromatic carbocycles. The van der Waals surface area contributed by atoms with E-state index in [9.17, 15) is 13.2 Å². The molecule has 1 fully saturated rings. The summed E-state index contributed by atoms with van der Waals surface area (Å²) < 4.78 is 37.4. The van der Waals surface area contributed by atoms with Crippen molar-refractivity contribution >= 4 is 15.9 Å². The monoisotopic (exact) mass is 341 g/mol. The molecule has 1 saturated heterocycles. The fraction of sp³-hybridized carbons (Fsp3) is 0.562. The van der Waals surface area contributed by atoms with E-state index in [0.717, 1.165) is 24.0 Å². The lowest BCUT2D eigenvalue weighted by molar-refractivity contribution is -0.131. The molecule has 1 heterocycles. The molecule has 2 rings (SSSR count).